The number of nitrogens with zero attached hydrogens (tertiary/aromatic N) is 4. The molecule has 8 nitrogen and oxygen atoms in total. The van der Waals surface area contributed by atoms with E-state index in [1.807, 2.05) is 6.21 Å². The van der Waals surface area contributed by atoms with Crippen molar-refractivity contribution in [1.29, 1.82) is 0 Å². The minimum atomic E-state index is -4.78. The molecule has 0 radical (unpaired) electrons. The molecule has 1 aromatic carbocycles. The second-order valence-corrected chi connectivity index (χ2v) is 12.6. The molecule has 1 N–H and O–H groups in total. The lowest BCUT2D eigenvalue weighted by molar-refractivity contribution is -0.388. The highest BCUT2D eigenvalue weighted by Gasteiger charge is 2.55. The van der Waals surface area contributed by atoms with Gasteiger partial charge >= 0.3 is 6.18 Å². The Morgan fingerprint density at radius 1 is 1.10 bits per heavy atom. The number of hydrogen-bond donors (Lipinski definition) is 1. The number of nitro benzene ring substituents is 1. The van der Waals surface area contributed by atoms with Crippen molar-refractivity contribution in [3.05, 3.63) is 45.8 Å². The number of alkyl halides is 3. The molecule has 0 aromatic heterocycles. The van der Waals surface area contributed by atoms with Crippen LogP contribution in [0.3, 0.4) is 0 Å². The Morgan fingerprint density at radius 3 is 2.51 bits per heavy atom. The van der Waals surface area contributed by atoms with E-state index in [1.165, 1.54) is 38.3 Å². The van der Waals surface area contributed by atoms with Gasteiger partial charge in [-0.05, 0) is 74.5 Å². The number of benzene rings is 1. The van der Waals surface area contributed by atoms with Gasteiger partial charge in [-0.3, -0.25) is 15.0 Å². The standard InChI is InChI=1S/C30H40F3N5O3/c31-30(32,33)25-17-22(5-6-26(25)38(39)40)35-27-19-29(27)10-7-23(8-11-29)41-24-9-12-34-28(18-24)37-15-13-36(14-16-37)20-21-3-1-2-4-21/h5-6,12,17-18,21,23-24,27,35H,1-4,7-11,13-16,19-20H2. The maximum absolute atomic E-state index is 13.4. The van der Waals surface area contributed by atoms with E-state index >= 15 is 0 Å². The first-order chi connectivity index (χ1) is 19.7. The van der Waals surface area contributed by atoms with Crippen LogP contribution in [0.1, 0.15) is 69.8 Å². The molecule has 1 aromatic rings. The van der Waals surface area contributed by atoms with Gasteiger partial charge in [0.2, 0.25) is 0 Å². The molecule has 6 rings (SSSR count). The smallest absolute Gasteiger partial charge is 0.382 e. The number of ether oxygens (including phenoxy) is 1. The first kappa shape index (κ1) is 28.5. The number of nitro groups is 1. The van der Waals surface area contributed by atoms with Gasteiger partial charge in [-0.2, -0.15) is 13.2 Å². The van der Waals surface area contributed by atoms with Gasteiger partial charge in [0.05, 0.1) is 17.1 Å². The van der Waals surface area contributed by atoms with Gasteiger partial charge in [0.1, 0.15) is 11.4 Å². The largest absolute Gasteiger partial charge is 0.423 e. The minimum absolute atomic E-state index is 0.0205. The zero-order valence-corrected chi connectivity index (χ0v) is 23.5. The van der Waals surface area contributed by atoms with Crippen molar-refractivity contribution >= 4 is 17.6 Å². The molecule has 0 amide bonds. The van der Waals surface area contributed by atoms with Crippen molar-refractivity contribution in [3.63, 3.8) is 0 Å². The summed E-state index contributed by atoms with van der Waals surface area (Å²) in [5.41, 5.74) is -1.79. The van der Waals surface area contributed by atoms with E-state index < -0.39 is 22.4 Å². The Balaban J connectivity index is 0.969. The summed E-state index contributed by atoms with van der Waals surface area (Å²) in [7, 11) is 0. The van der Waals surface area contributed by atoms with E-state index in [2.05, 4.69) is 21.2 Å². The van der Waals surface area contributed by atoms with Crippen molar-refractivity contribution in [1.82, 2.24) is 9.80 Å². The first-order valence-electron chi connectivity index (χ1n) is 15.2. The van der Waals surface area contributed by atoms with Crippen molar-refractivity contribution in [2.75, 3.05) is 38.0 Å². The van der Waals surface area contributed by atoms with Crippen LogP contribution in [0.2, 0.25) is 0 Å². The van der Waals surface area contributed by atoms with E-state index in [0.29, 0.717) is 0 Å². The molecule has 5 aliphatic rings. The molecule has 2 unspecified atom stereocenters. The predicted molar refractivity (Wildman–Crippen MR) is 151 cm³/mol. The van der Waals surface area contributed by atoms with Crippen molar-refractivity contribution < 1.29 is 22.8 Å². The fourth-order valence-corrected chi connectivity index (χ4v) is 7.39. The summed E-state index contributed by atoms with van der Waals surface area (Å²) < 4.78 is 46.6. The maximum atomic E-state index is 13.4. The number of hydrogen-bond acceptors (Lipinski definition) is 7. The van der Waals surface area contributed by atoms with Crippen LogP contribution >= 0.6 is 0 Å². The van der Waals surface area contributed by atoms with E-state index in [9.17, 15) is 23.3 Å². The van der Waals surface area contributed by atoms with E-state index in [1.54, 1.807) is 0 Å². The van der Waals surface area contributed by atoms with Crippen molar-refractivity contribution in [3.8, 4) is 0 Å². The molecule has 1 saturated heterocycles. The number of halogens is 3. The quantitative estimate of drug-likeness (QED) is 0.292. The highest BCUT2D eigenvalue weighted by molar-refractivity contribution is 5.62. The average molecular weight is 576 g/mol. The fourth-order valence-electron chi connectivity index (χ4n) is 7.39. The molecule has 224 valence electrons. The summed E-state index contributed by atoms with van der Waals surface area (Å²) in [4.78, 5) is 19.8. The first-order valence-corrected chi connectivity index (χ1v) is 15.2. The third kappa shape index (κ3) is 6.56. The van der Waals surface area contributed by atoms with Gasteiger partial charge in [-0.1, -0.05) is 12.8 Å². The van der Waals surface area contributed by atoms with Crippen LogP contribution < -0.4 is 5.32 Å². The monoisotopic (exact) mass is 575 g/mol. The second-order valence-electron chi connectivity index (χ2n) is 12.6. The van der Waals surface area contributed by atoms with Crippen molar-refractivity contribution in [2.24, 2.45) is 16.3 Å². The Bertz CT molecular complexity index is 1170. The Kier molecular flexibility index (Phi) is 8.02. The number of nitrogens with one attached hydrogen (secondary N) is 1. The van der Waals surface area contributed by atoms with Gasteiger partial charge in [0, 0.05) is 63.2 Å². The molecule has 2 aliphatic heterocycles. The Hall–Kier alpha value is -2.66. The number of piperazine rings is 1. The SMILES string of the molecule is O=[N+]([O-])c1ccc(NC2CC23CCC(OC2C=C(N4CCN(CC5CCCC5)CC4)N=CC2)CC3)cc1C(F)(F)F. The summed E-state index contributed by atoms with van der Waals surface area (Å²) in [6, 6.07) is 3.25. The summed E-state index contributed by atoms with van der Waals surface area (Å²) in [5.74, 6) is 1.91. The lowest BCUT2D eigenvalue weighted by Gasteiger charge is -2.38. The molecule has 2 heterocycles. The topological polar surface area (TPSA) is 83.2 Å². The van der Waals surface area contributed by atoms with Crippen LogP contribution in [0.5, 0.6) is 0 Å². The minimum Gasteiger partial charge on any atom is -0.382 e. The molecule has 1 spiro atoms. The Labute approximate surface area is 239 Å². The molecule has 11 heteroatoms. The van der Waals surface area contributed by atoms with Crippen molar-refractivity contribution in [2.45, 2.75) is 88.6 Å². The van der Waals surface area contributed by atoms with Gasteiger partial charge in [-0.15, -0.1) is 0 Å². The van der Waals surface area contributed by atoms with Gasteiger partial charge in [0.25, 0.3) is 5.69 Å². The van der Waals surface area contributed by atoms with E-state index in [4.69, 9.17) is 9.73 Å². The molecule has 3 aliphatic carbocycles. The highest BCUT2D eigenvalue weighted by atomic mass is 19.4. The molecule has 3 saturated carbocycles. The van der Waals surface area contributed by atoms with Crippen LogP contribution in [0.4, 0.5) is 24.5 Å². The summed E-state index contributed by atoms with van der Waals surface area (Å²) in [5, 5.41) is 14.3. The number of rotatable bonds is 8. The number of aliphatic imine (C=N–C) groups is 1. The third-order valence-electron chi connectivity index (χ3n) is 9.91. The molecular formula is C30H40F3N5O3. The van der Waals surface area contributed by atoms with Gasteiger partial charge in [0.15, 0.2) is 0 Å². The molecule has 0 bridgehead atoms. The average Bonchev–Trinajstić information content (AvgIpc) is 3.33. The Morgan fingerprint density at radius 2 is 1.83 bits per heavy atom. The highest BCUT2D eigenvalue weighted by Crippen LogP contribution is 2.58. The lowest BCUT2D eigenvalue weighted by atomic mass is 9.84. The predicted octanol–water partition coefficient (Wildman–Crippen LogP) is 6.24. The van der Waals surface area contributed by atoms with E-state index in [0.717, 1.165) is 88.6 Å². The molecule has 41 heavy (non-hydrogen) atoms. The van der Waals surface area contributed by atoms with Crippen LogP contribution in [0.25, 0.3) is 0 Å². The van der Waals surface area contributed by atoms with Crippen LogP contribution in [-0.2, 0) is 10.9 Å². The van der Waals surface area contributed by atoms with E-state index in [-0.39, 0.29) is 29.4 Å². The van der Waals surface area contributed by atoms with Gasteiger partial charge < -0.3 is 15.0 Å². The second kappa shape index (κ2) is 11.6. The molecule has 2 atom stereocenters. The third-order valence-corrected chi connectivity index (χ3v) is 9.91. The molecular weight excluding hydrogens is 535 g/mol. The lowest BCUT2D eigenvalue weighted by Crippen LogP contribution is -2.47. The summed E-state index contributed by atoms with van der Waals surface area (Å²) >= 11 is 0. The van der Waals surface area contributed by atoms with Crippen LogP contribution in [0.15, 0.2) is 35.1 Å². The zero-order valence-electron chi connectivity index (χ0n) is 23.5. The zero-order chi connectivity index (χ0) is 28.6. The molecule has 4 fully saturated rings. The number of anilines is 1. The maximum Gasteiger partial charge on any atom is 0.423 e. The van der Waals surface area contributed by atoms with Crippen LogP contribution in [0, 0.1) is 21.4 Å². The van der Waals surface area contributed by atoms with Crippen LogP contribution in [-0.4, -0.2) is 71.9 Å². The summed E-state index contributed by atoms with van der Waals surface area (Å²) in [6.07, 6.45) is 10.5. The fraction of sp³-hybridized carbons (Fsp3) is 0.700. The normalized spacial score (nSPS) is 31.0. The summed E-state index contributed by atoms with van der Waals surface area (Å²) in [6.45, 7) is 5.42. The van der Waals surface area contributed by atoms with Gasteiger partial charge in [-0.25, -0.2) is 4.99 Å².